The molecule has 0 aliphatic rings. The summed E-state index contributed by atoms with van der Waals surface area (Å²) in [5, 5.41) is 21.9. The molecule has 2 amide bonds. The van der Waals surface area contributed by atoms with E-state index in [4.69, 9.17) is 12.2 Å². The maximum atomic E-state index is 13.2. The van der Waals surface area contributed by atoms with Crippen molar-refractivity contribution >= 4 is 29.7 Å². The standard InChI is InChI=1S/C19H17F2N5O3S/c1-26-16(24-25-19(26)30)4-5-22-18(29)14-3-2-13(9-15(14)27)23-17(28)10-6-11(20)8-12(21)7-10/h2-3,6-9,27H,4-5H2,1H3,(H,22,29)(H,23,28)(H,25,30). The molecule has 2 aromatic carbocycles. The SMILES string of the molecule is Cn1c(CCNC(=O)c2ccc(NC(=O)c3cc(F)cc(F)c3)cc2O)n[nH]c1=S. The fourth-order valence-electron chi connectivity index (χ4n) is 2.68. The zero-order chi connectivity index (χ0) is 21.8. The predicted octanol–water partition coefficient (Wildman–Crippen LogP) is 2.69. The number of anilines is 1. The minimum Gasteiger partial charge on any atom is -0.507 e. The van der Waals surface area contributed by atoms with Crippen molar-refractivity contribution in [1.82, 2.24) is 20.1 Å². The lowest BCUT2D eigenvalue weighted by Gasteiger charge is -2.10. The fraction of sp³-hybridized carbons (Fsp3) is 0.158. The number of carbonyl (C=O) groups is 2. The number of hydrogen-bond acceptors (Lipinski definition) is 5. The van der Waals surface area contributed by atoms with Crippen molar-refractivity contribution in [3.05, 3.63) is 69.8 Å². The van der Waals surface area contributed by atoms with Crippen LogP contribution >= 0.6 is 12.2 Å². The number of aromatic amines is 1. The number of nitrogens with zero attached hydrogens (tertiary/aromatic N) is 2. The maximum absolute atomic E-state index is 13.2. The zero-order valence-electron chi connectivity index (χ0n) is 15.7. The molecule has 0 fully saturated rings. The quantitative estimate of drug-likeness (QED) is 0.447. The van der Waals surface area contributed by atoms with Crippen molar-refractivity contribution in [2.45, 2.75) is 6.42 Å². The molecule has 0 aliphatic heterocycles. The second kappa shape index (κ2) is 8.82. The van der Waals surface area contributed by atoms with E-state index in [1.807, 2.05) is 0 Å². The molecule has 0 spiro atoms. The highest BCUT2D eigenvalue weighted by Crippen LogP contribution is 2.22. The number of phenols is 1. The lowest BCUT2D eigenvalue weighted by molar-refractivity contribution is 0.0950. The van der Waals surface area contributed by atoms with Gasteiger partial charge >= 0.3 is 0 Å². The third-order valence-electron chi connectivity index (χ3n) is 4.23. The molecule has 0 aliphatic carbocycles. The summed E-state index contributed by atoms with van der Waals surface area (Å²) in [7, 11) is 1.75. The Hall–Kier alpha value is -3.60. The summed E-state index contributed by atoms with van der Waals surface area (Å²) in [6.07, 6.45) is 0.425. The molecule has 4 N–H and O–H groups in total. The van der Waals surface area contributed by atoms with Gasteiger partial charge in [-0.3, -0.25) is 14.7 Å². The van der Waals surface area contributed by atoms with Crippen molar-refractivity contribution in [3.63, 3.8) is 0 Å². The van der Waals surface area contributed by atoms with Crippen LogP contribution in [0.5, 0.6) is 5.75 Å². The van der Waals surface area contributed by atoms with Gasteiger partial charge in [0.05, 0.1) is 5.56 Å². The highest BCUT2D eigenvalue weighted by Gasteiger charge is 2.14. The van der Waals surface area contributed by atoms with Gasteiger partial charge in [0, 0.05) is 43.4 Å². The number of amides is 2. The molecular weight excluding hydrogens is 416 g/mol. The summed E-state index contributed by atoms with van der Waals surface area (Å²) < 4.78 is 28.6. The summed E-state index contributed by atoms with van der Waals surface area (Å²) in [4.78, 5) is 24.4. The largest absolute Gasteiger partial charge is 0.507 e. The van der Waals surface area contributed by atoms with E-state index in [1.54, 1.807) is 11.6 Å². The number of H-pyrrole nitrogens is 1. The number of nitrogens with one attached hydrogen (secondary N) is 3. The Morgan fingerprint density at radius 3 is 2.47 bits per heavy atom. The third kappa shape index (κ3) is 4.87. The minimum atomic E-state index is -0.887. The van der Waals surface area contributed by atoms with Gasteiger partial charge in [0.2, 0.25) is 0 Å². The van der Waals surface area contributed by atoms with Gasteiger partial charge in [-0.1, -0.05) is 0 Å². The van der Waals surface area contributed by atoms with E-state index < -0.39 is 23.4 Å². The van der Waals surface area contributed by atoms with Crippen LogP contribution in [-0.2, 0) is 13.5 Å². The summed E-state index contributed by atoms with van der Waals surface area (Å²) in [6.45, 7) is 0.259. The van der Waals surface area contributed by atoms with Gasteiger partial charge in [0.15, 0.2) is 4.77 Å². The Balaban J connectivity index is 1.62. The van der Waals surface area contributed by atoms with Gasteiger partial charge in [-0.25, -0.2) is 8.78 Å². The number of benzene rings is 2. The molecule has 0 bridgehead atoms. The molecule has 30 heavy (non-hydrogen) atoms. The molecule has 0 saturated heterocycles. The first-order valence-corrected chi connectivity index (χ1v) is 9.14. The Morgan fingerprint density at radius 2 is 1.87 bits per heavy atom. The van der Waals surface area contributed by atoms with E-state index >= 15 is 0 Å². The van der Waals surface area contributed by atoms with Crippen LogP contribution < -0.4 is 10.6 Å². The number of hydrogen-bond donors (Lipinski definition) is 4. The normalized spacial score (nSPS) is 10.6. The molecular formula is C19H17F2N5O3S. The van der Waals surface area contributed by atoms with Gasteiger partial charge in [-0.2, -0.15) is 5.10 Å². The number of rotatable bonds is 6. The Labute approximate surface area is 174 Å². The smallest absolute Gasteiger partial charge is 0.255 e. The van der Waals surface area contributed by atoms with Gasteiger partial charge in [0.25, 0.3) is 11.8 Å². The van der Waals surface area contributed by atoms with Crippen molar-refractivity contribution < 1.29 is 23.5 Å². The van der Waals surface area contributed by atoms with Gasteiger partial charge in [0.1, 0.15) is 23.2 Å². The Morgan fingerprint density at radius 1 is 1.17 bits per heavy atom. The van der Waals surface area contributed by atoms with Crippen LogP contribution in [0.25, 0.3) is 0 Å². The van der Waals surface area contributed by atoms with Crippen LogP contribution in [0, 0.1) is 16.4 Å². The summed E-state index contributed by atoms with van der Waals surface area (Å²) in [5.41, 5.74) is -0.0667. The summed E-state index contributed by atoms with van der Waals surface area (Å²) in [6, 6.07) is 6.29. The number of carbonyl (C=O) groups excluding carboxylic acids is 2. The first-order chi connectivity index (χ1) is 14.2. The summed E-state index contributed by atoms with van der Waals surface area (Å²) in [5.74, 6) is -2.76. The van der Waals surface area contributed by atoms with Crippen molar-refractivity contribution in [2.24, 2.45) is 7.05 Å². The highest BCUT2D eigenvalue weighted by molar-refractivity contribution is 7.71. The molecule has 11 heteroatoms. The second-order valence-corrected chi connectivity index (χ2v) is 6.74. The first kappa shape index (κ1) is 21.1. The molecule has 0 saturated carbocycles. The number of halogens is 2. The first-order valence-electron chi connectivity index (χ1n) is 8.73. The fourth-order valence-corrected chi connectivity index (χ4v) is 2.83. The van der Waals surface area contributed by atoms with Gasteiger partial charge < -0.3 is 20.3 Å². The minimum absolute atomic E-state index is 0.000148. The molecule has 3 rings (SSSR count). The van der Waals surface area contributed by atoms with Gasteiger partial charge in [-0.15, -0.1) is 0 Å². The molecule has 156 valence electrons. The van der Waals surface area contributed by atoms with E-state index in [0.717, 1.165) is 12.1 Å². The maximum Gasteiger partial charge on any atom is 0.255 e. The van der Waals surface area contributed by atoms with Crippen LogP contribution in [0.3, 0.4) is 0 Å². The second-order valence-electron chi connectivity index (χ2n) is 6.35. The topological polar surface area (TPSA) is 112 Å². The molecule has 3 aromatic rings. The molecule has 0 unspecified atom stereocenters. The highest BCUT2D eigenvalue weighted by atomic mass is 32.1. The monoisotopic (exact) mass is 433 g/mol. The molecule has 1 aromatic heterocycles. The Kier molecular flexibility index (Phi) is 6.21. The summed E-state index contributed by atoms with van der Waals surface area (Å²) >= 11 is 5.01. The van der Waals surface area contributed by atoms with Crippen LogP contribution in [0.2, 0.25) is 0 Å². The zero-order valence-corrected chi connectivity index (χ0v) is 16.5. The molecule has 0 radical (unpaired) electrons. The predicted molar refractivity (Wildman–Crippen MR) is 107 cm³/mol. The average molecular weight is 433 g/mol. The lowest BCUT2D eigenvalue weighted by atomic mass is 10.1. The molecule has 1 heterocycles. The number of aromatic hydroxyl groups is 1. The van der Waals surface area contributed by atoms with Gasteiger partial charge in [-0.05, 0) is 36.5 Å². The molecule has 8 nitrogen and oxygen atoms in total. The van der Waals surface area contributed by atoms with Crippen LogP contribution in [0.15, 0.2) is 36.4 Å². The van der Waals surface area contributed by atoms with Crippen molar-refractivity contribution in [1.29, 1.82) is 0 Å². The third-order valence-corrected chi connectivity index (χ3v) is 4.60. The van der Waals surface area contributed by atoms with Crippen LogP contribution in [-0.4, -0.2) is 38.2 Å². The Bertz CT molecular complexity index is 1150. The van der Waals surface area contributed by atoms with Crippen molar-refractivity contribution in [2.75, 3.05) is 11.9 Å². The van der Waals surface area contributed by atoms with E-state index in [1.165, 1.54) is 18.2 Å². The van der Waals surface area contributed by atoms with Crippen LogP contribution in [0.4, 0.5) is 14.5 Å². The van der Waals surface area contributed by atoms with E-state index in [-0.39, 0.29) is 29.1 Å². The van der Waals surface area contributed by atoms with E-state index in [2.05, 4.69) is 20.8 Å². The lowest BCUT2D eigenvalue weighted by Crippen LogP contribution is -2.26. The van der Waals surface area contributed by atoms with E-state index in [0.29, 0.717) is 23.1 Å². The van der Waals surface area contributed by atoms with Crippen LogP contribution in [0.1, 0.15) is 26.5 Å². The number of aromatic nitrogens is 3. The van der Waals surface area contributed by atoms with Crippen molar-refractivity contribution in [3.8, 4) is 5.75 Å². The van der Waals surface area contributed by atoms with E-state index in [9.17, 15) is 23.5 Å². The molecule has 0 atom stereocenters. The average Bonchev–Trinajstić information content (AvgIpc) is 2.99. The number of phenolic OH excluding ortho intramolecular Hbond substituents is 1.